The lowest BCUT2D eigenvalue weighted by atomic mass is 9.83. The molecule has 0 amide bonds. The molecule has 0 radical (unpaired) electrons. The Hall–Kier alpha value is -1.18. The van der Waals surface area contributed by atoms with Crippen LogP contribution >= 0.6 is 0 Å². The Morgan fingerprint density at radius 3 is 1.88 bits per heavy atom. The zero-order valence-corrected chi connectivity index (χ0v) is 11.0. The predicted octanol–water partition coefficient (Wildman–Crippen LogP) is 3.68. The third-order valence-electron chi connectivity index (χ3n) is 3.05. The van der Waals surface area contributed by atoms with Crippen molar-refractivity contribution in [2.75, 3.05) is 14.2 Å². The van der Waals surface area contributed by atoms with Gasteiger partial charge in [0, 0.05) is 6.07 Å². The normalized spacial score (nSPS) is 11.3. The zero-order valence-electron chi connectivity index (χ0n) is 11.0. The molecule has 1 aromatic rings. The van der Waals surface area contributed by atoms with Crippen LogP contribution in [0.15, 0.2) is 18.2 Å². The molecule has 0 heterocycles. The van der Waals surface area contributed by atoms with Crippen molar-refractivity contribution in [3.05, 3.63) is 23.8 Å². The lowest BCUT2D eigenvalue weighted by Crippen LogP contribution is -2.13. The lowest BCUT2D eigenvalue weighted by Gasteiger charge is -2.23. The Labute approximate surface area is 98.6 Å². The second-order valence-corrected chi connectivity index (χ2v) is 4.92. The first kappa shape index (κ1) is 12.9. The number of benzene rings is 1. The monoisotopic (exact) mass is 222 g/mol. The lowest BCUT2D eigenvalue weighted by molar-refractivity contribution is 0.346. The van der Waals surface area contributed by atoms with Crippen molar-refractivity contribution in [3.8, 4) is 11.5 Å². The topological polar surface area (TPSA) is 18.5 Å². The van der Waals surface area contributed by atoms with Gasteiger partial charge in [-0.05, 0) is 29.5 Å². The maximum atomic E-state index is 5.27. The van der Waals surface area contributed by atoms with Crippen molar-refractivity contribution < 1.29 is 9.47 Å². The van der Waals surface area contributed by atoms with Gasteiger partial charge < -0.3 is 9.47 Å². The number of methoxy groups -OCH3 is 2. The van der Waals surface area contributed by atoms with Gasteiger partial charge >= 0.3 is 0 Å². The maximum absolute atomic E-state index is 5.27. The fourth-order valence-electron chi connectivity index (χ4n) is 1.65. The van der Waals surface area contributed by atoms with Crippen molar-refractivity contribution >= 4 is 0 Å². The molecule has 2 heteroatoms. The van der Waals surface area contributed by atoms with E-state index in [2.05, 4.69) is 32.9 Å². The van der Waals surface area contributed by atoms with Crippen molar-refractivity contribution in [3.63, 3.8) is 0 Å². The highest BCUT2D eigenvalue weighted by Crippen LogP contribution is 2.30. The van der Waals surface area contributed by atoms with Gasteiger partial charge in [0.25, 0.3) is 0 Å². The highest BCUT2D eigenvalue weighted by molar-refractivity contribution is 5.38. The zero-order chi connectivity index (χ0) is 12.2. The third kappa shape index (κ3) is 3.44. The first-order valence-electron chi connectivity index (χ1n) is 5.72. The van der Waals surface area contributed by atoms with E-state index in [4.69, 9.17) is 9.47 Å². The number of hydrogen-bond acceptors (Lipinski definition) is 2. The summed E-state index contributed by atoms with van der Waals surface area (Å²) in [6.07, 6.45) is 2.20. The summed E-state index contributed by atoms with van der Waals surface area (Å²) in [6.45, 7) is 6.77. The minimum absolute atomic E-state index is 0.317. The van der Waals surface area contributed by atoms with Gasteiger partial charge in [-0.1, -0.05) is 27.2 Å². The van der Waals surface area contributed by atoms with E-state index in [1.54, 1.807) is 14.2 Å². The van der Waals surface area contributed by atoms with Crippen LogP contribution in [0.2, 0.25) is 0 Å². The first-order valence-corrected chi connectivity index (χ1v) is 5.72. The van der Waals surface area contributed by atoms with Gasteiger partial charge in [0.1, 0.15) is 11.5 Å². The van der Waals surface area contributed by atoms with Gasteiger partial charge in [-0.2, -0.15) is 0 Å². The van der Waals surface area contributed by atoms with Crippen LogP contribution in [0.1, 0.15) is 32.8 Å². The van der Waals surface area contributed by atoms with E-state index in [0.29, 0.717) is 5.41 Å². The molecular formula is C14H22O2. The third-order valence-corrected chi connectivity index (χ3v) is 3.05. The summed E-state index contributed by atoms with van der Waals surface area (Å²) in [7, 11) is 3.37. The van der Waals surface area contributed by atoms with Crippen LogP contribution < -0.4 is 9.47 Å². The smallest absolute Gasteiger partial charge is 0.122 e. The van der Waals surface area contributed by atoms with Crippen LogP contribution in [-0.2, 0) is 6.42 Å². The van der Waals surface area contributed by atoms with E-state index in [-0.39, 0.29) is 0 Å². The second-order valence-electron chi connectivity index (χ2n) is 4.92. The first-order chi connectivity index (χ1) is 7.50. The molecule has 2 nitrogen and oxygen atoms in total. The Morgan fingerprint density at radius 1 is 1.00 bits per heavy atom. The van der Waals surface area contributed by atoms with Crippen molar-refractivity contribution in [2.24, 2.45) is 5.41 Å². The Morgan fingerprint density at radius 2 is 1.50 bits per heavy atom. The molecule has 16 heavy (non-hydrogen) atoms. The summed E-state index contributed by atoms with van der Waals surface area (Å²) < 4.78 is 10.5. The van der Waals surface area contributed by atoms with Gasteiger partial charge in [-0.15, -0.1) is 0 Å². The highest BCUT2D eigenvalue weighted by Gasteiger charge is 2.16. The van der Waals surface area contributed by atoms with Crippen molar-refractivity contribution in [2.45, 2.75) is 33.6 Å². The summed E-state index contributed by atoms with van der Waals surface area (Å²) in [5.41, 5.74) is 1.58. The molecule has 0 N–H and O–H groups in total. The maximum Gasteiger partial charge on any atom is 0.122 e. The van der Waals surface area contributed by atoms with Gasteiger partial charge in [0.15, 0.2) is 0 Å². The molecule has 90 valence electrons. The predicted molar refractivity (Wildman–Crippen MR) is 67.3 cm³/mol. The molecule has 0 aliphatic rings. The standard InChI is InChI=1S/C14H22O2/c1-6-14(2,3)10-11-7-12(15-4)9-13(8-11)16-5/h7-9H,6,10H2,1-5H3. The van der Waals surface area contributed by atoms with E-state index < -0.39 is 0 Å². The fourth-order valence-corrected chi connectivity index (χ4v) is 1.65. The Kier molecular flexibility index (Phi) is 4.22. The second kappa shape index (κ2) is 5.24. The molecule has 0 aliphatic heterocycles. The highest BCUT2D eigenvalue weighted by atomic mass is 16.5. The van der Waals surface area contributed by atoms with Gasteiger partial charge in [-0.3, -0.25) is 0 Å². The SMILES string of the molecule is CCC(C)(C)Cc1cc(OC)cc(OC)c1. The van der Waals surface area contributed by atoms with Crippen molar-refractivity contribution in [1.82, 2.24) is 0 Å². The van der Waals surface area contributed by atoms with E-state index in [0.717, 1.165) is 24.3 Å². The molecule has 0 saturated carbocycles. The molecule has 0 fully saturated rings. The average Bonchev–Trinajstić information content (AvgIpc) is 2.28. The molecule has 1 aromatic carbocycles. The number of ether oxygens (including phenoxy) is 2. The molecule has 0 saturated heterocycles. The minimum Gasteiger partial charge on any atom is -0.497 e. The number of rotatable bonds is 5. The molecule has 0 aromatic heterocycles. The van der Waals surface area contributed by atoms with Crippen LogP contribution in [0, 0.1) is 5.41 Å². The van der Waals surface area contributed by atoms with E-state index >= 15 is 0 Å². The van der Waals surface area contributed by atoms with E-state index in [1.807, 2.05) is 6.07 Å². The van der Waals surface area contributed by atoms with Crippen molar-refractivity contribution in [1.29, 1.82) is 0 Å². The molecule has 1 rings (SSSR count). The summed E-state index contributed by atoms with van der Waals surface area (Å²) in [6, 6.07) is 6.07. The average molecular weight is 222 g/mol. The largest absolute Gasteiger partial charge is 0.497 e. The quantitative estimate of drug-likeness (QED) is 0.756. The molecule has 0 bridgehead atoms. The van der Waals surface area contributed by atoms with Crippen LogP contribution in [0.5, 0.6) is 11.5 Å². The molecule has 0 spiro atoms. The molecule has 0 atom stereocenters. The summed E-state index contributed by atoms with van der Waals surface area (Å²) >= 11 is 0. The number of hydrogen-bond donors (Lipinski definition) is 0. The van der Waals surface area contributed by atoms with Gasteiger partial charge in [0.05, 0.1) is 14.2 Å². The summed E-state index contributed by atoms with van der Waals surface area (Å²) in [5.74, 6) is 1.72. The Balaban J connectivity index is 2.95. The Bertz CT molecular complexity index is 320. The van der Waals surface area contributed by atoms with Crippen LogP contribution in [0.3, 0.4) is 0 Å². The van der Waals surface area contributed by atoms with E-state index in [9.17, 15) is 0 Å². The summed E-state index contributed by atoms with van der Waals surface area (Å²) in [4.78, 5) is 0. The fraction of sp³-hybridized carbons (Fsp3) is 0.571. The molecule has 0 unspecified atom stereocenters. The minimum atomic E-state index is 0.317. The molecule has 0 aliphatic carbocycles. The van der Waals surface area contributed by atoms with E-state index in [1.165, 1.54) is 5.56 Å². The van der Waals surface area contributed by atoms with Gasteiger partial charge in [-0.25, -0.2) is 0 Å². The van der Waals surface area contributed by atoms with Crippen LogP contribution in [-0.4, -0.2) is 14.2 Å². The summed E-state index contributed by atoms with van der Waals surface area (Å²) in [5, 5.41) is 0. The molecular weight excluding hydrogens is 200 g/mol. The van der Waals surface area contributed by atoms with Crippen LogP contribution in [0.4, 0.5) is 0 Å². The van der Waals surface area contributed by atoms with Crippen LogP contribution in [0.25, 0.3) is 0 Å². The van der Waals surface area contributed by atoms with Gasteiger partial charge in [0.2, 0.25) is 0 Å².